The number of benzene rings is 2. The first-order chi connectivity index (χ1) is 10.2. The van der Waals surface area contributed by atoms with E-state index in [-0.39, 0.29) is 11.6 Å². The highest BCUT2D eigenvalue weighted by Crippen LogP contribution is 2.22. The molecule has 21 heavy (non-hydrogen) atoms. The summed E-state index contributed by atoms with van der Waals surface area (Å²) < 4.78 is 25.2. The zero-order chi connectivity index (χ0) is 15.1. The van der Waals surface area contributed by atoms with Crippen LogP contribution in [0, 0.1) is 5.82 Å². The molecule has 0 saturated carbocycles. The van der Waals surface area contributed by atoms with Crippen molar-refractivity contribution in [3.63, 3.8) is 0 Å². The molecule has 0 spiro atoms. The topological polar surface area (TPSA) is 44.5 Å². The zero-order valence-electron chi connectivity index (χ0n) is 11.5. The number of halogens is 2. The van der Waals surface area contributed by atoms with E-state index in [0.29, 0.717) is 26.2 Å². The van der Waals surface area contributed by atoms with Gasteiger partial charge in [-0.05, 0) is 35.9 Å². The van der Waals surface area contributed by atoms with E-state index in [2.05, 4.69) is 15.9 Å². The standard InChI is InChI=1S/C16H17BrFNO2/c17-13-4-7-15(18)16(10-13)21-9-1-8-20-14-5-2-12(11-19)3-6-14/h2-7,10H,1,8-9,11,19H2. The highest BCUT2D eigenvalue weighted by Gasteiger charge is 2.03. The molecule has 0 bridgehead atoms. The van der Waals surface area contributed by atoms with Crippen LogP contribution in [0.4, 0.5) is 4.39 Å². The second-order valence-corrected chi connectivity index (χ2v) is 5.39. The maximum atomic E-state index is 13.4. The van der Waals surface area contributed by atoms with Crippen molar-refractivity contribution < 1.29 is 13.9 Å². The van der Waals surface area contributed by atoms with E-state index in [1.54, 1.807) is 12.1 Å². The summed E-state index contributed by atoms with van der Waals surface area (Å²) in [6.07, 6.45) is 0.671. The molecule has 0 saturated heterocycles. The minimum Gasteiger partial charge on any atom is -0.493 e. The van der Waals surface area contributed by atoms with Gasteiger partial charge in [-0.25, -0.2) is 4.39 Å². The van der Waals surface area contributed by atoms with Crippen molar-refractivity contribution in [2.24, 2.45) is 5.73 Å². The van der Waals surface area contributed by atoms with Crippen LogP contribution in [0.2, 0.25) is 0 Å². The average Bonchev–Trinajstić information content (AvgIpc) is 2.51. The molecule has 0 aliphatic rings. The van der Waals surface area contributed by atoms with Crippen LogP contribution in [-0.4, -0.2) is 13.2 Å². The molecular formula is C16H17BrFNO2. The monoisotopic (exact) mass is 353 g/mol. The van der Waals surface area contributed by atoms with Gasteiger partial charge in [0.15, 0.2) is 11.6 Å². The van der Waals surface area contributed by atoms with Crippen molar-refractivity contribution in [2.75, 3.05) is 13.2 Å². The van der Waals surface area contributed by atoms with Gasteiger partial charge in [0.25, 0.3) is 0 Å². The third-order valence-electron chi connectivity index (χ3n) is 2.87. The highest BCUT2D eigenvalue weighted by atomic mass is 79.9. The van der Waals surface area contributed by atoms with E-state index in [1.807, 2.05) is 24.3 Å². The van der Waals surface area contributed by atoms with Gasteiger partial charge in [-0.1, -0.05) is 28.1 Å². The quantitative estimate of drug-likeness (QED) is 0.767. The lowest BCUT2D eigenvalue weighted by Gasteiger charge is -2.09. The number of ether oxygens (including phenoxy) is 2. The van der Waals surface area contributed by atoms with Crippen LogP contribution in [0.15, 0.2) is 46.9 Å². The molecule has 2 N–H and O–H groups in total. The summed E-state index contributed by atoms with van der Waals surface area (Å²) in [4.78, 5) is 0. The molecule has 0 amide bonds. The molecule has 0 radical (unpaired) electrons. The summed E-state index contributed by atoms with van der Waals surface area (Å²) in [7, 11) is 0. The Morgan fingerprint density at radius 2 is 1.71 bits per heavy atom. The van der Waals surface area contributed by atoms with Crippen molar-refractivity contribution >= 4 is 15.9 Å². The van der Waals surface area contributed by atoms with E-state index in [0.717, 1.165) is 15.8 Å². The molecule has 0 aromatic heterocycles. The van der Waals surface area contributed by atoms with Gasteiger partial charge in [0.2, 0.25) is 0 Å². The molecule has 0 fully saturated rings. The fourth-order valence-corrected chi connectivity index (χ4v) is 2.08. The van der Waals surface area contributed by atoms with Gasteiger partial charge in [0.05, 0.1) is 13.2 Å². The Kier molecular flexibility index (Phi) is 6.02. The van der Waals surface area contributed by atoms with Crippen LogP contribution in [0.1, 0.15) is 12.0 Å². The molecule has 0 aliphatic heterocycles. The van der Waals surface area contributed by atoms with E-state index >= 15 is 0 Å². The molecule has 0 unspecified atom stereocenters. The lowest BCUT2D eigenvalue weighted by molar-refractivity contribution is 0.241. The highest BCUT2D eigenvalue weighted by molar-refractivity contribution is 9.10. The predicted molar refractivity (Wildman–Crippen MR) is 84.0 cm³/mol. The van der Waals surface area contributed by atoms with Gasteiger partial charge in [0, 0.05) is 17.4 Å². The third-order valence-corrected chi connectivity index (χ3v) is 3.36. The maximum Gasteiger partial charge on any atom is 0.165 e. The summed E-state index contributed by atoms with van der Waals surface area (Å²) >= 11 is 3.28. The van der Waals surface area contributed by atoms with Gasteiger partial charge in [-0.3, -0.25) is 0 Å². The van der Waals surface area contributed by atoms with E-state index in [1.165, 1.54) is 6.07 Å². The van der Waals surface area contributed by atoms with E-state index < -0.39 is 0 Å². The van der Waals surface area contributed by atoms with Crippen molar-refractivity contribution in [1.29, 1.82) is 0 Å². The minimum absolute atomic E-state index is 0.247. The molecule has 3 nitrogen and oxygen atoms in total. The number of hydrogen-bond donors (Lipinski definition) is 1. The molecule has 112 valence electrons. The lowest BCUT2D eigenvalue weighted by atomic mass is 10.2. The second kappa shape index (κ2) is 8.00. The van der Waals surface area contributed by atoms with Crippen LogP contribution in [-0.2, 0) is 6.54 Å². The van der Waals surface area contributed by atoms with Crippen LogP contribution in [0.25, 0.3) is 0 Å². The molecule has 5 heteroatoms. The van der Waals surface area contributed by atoms with Gasteiger partial charge in [-0.2, -0.15) is 0 Å². The Labute approximate surface area is 132 Å². The molecule has 2 rings (SSSR count). The van der Waals surface area contributed by atoms with Crippen LogP contribution < -0.4 is 15.2 Å². The van der Waals surface area contributed by atoms with Gasteiger partial charge < -0.3 is 15.2 Å². The van der Waals surface area contributed by atoms with Crippen LogP contribution in [0.5, 0.6) is 11.5 Å². The Morgan fingerprint density at radius 3 is 2.43 bits per heavy atom. The summed E-state index contributed by atoms with van der Waals surface area (Å²) in [6, 6.07) is 12.3. The van der Waals surface area contributed by atoms with Crippen molar-refractivity contribution in [2.45, 2.75) is 13.0 Å². The third kappa shape index (κ3) is 5.02. The van der Waals surface area contributed by atoms with Crippen LogP contribution >= 0.6 is 15.9 Å². The van der Waals surface area contributed by atoms with Gasteiger partial charge in [-0.15, -0.1) is 0 Å². The van der Waals surface area contributed by atoms with Gasteiger partial charge >= 0.3 is 0 Å². The maximum absolute atomic E-state index is 13.4. The van der Waals surface area contributed by atoms with Crippen molar-refractivity contribution in [1.82, 2.24) is 0 Å². The SMILES string of the molecule is NCc1ccc(OCCCOc2cc(Br)ccc2F)cc1. The molecule has 0 aliphatic carbocycles. The summed E-state index contributed by atoms with van der Waals surface area (Å²) in [6.45, 7) is 1.43. The number of nitrogens with two attached hydrogens (primary N) is 1. The molecule has 2 aromatic rings. The van der Waals surface area contributed by atoms with Crippen molar-refractivity contribution in [3.8, 4) is 11.5 Å². The first-order valence-corrected chi connectivity index (χ1v) is 7.48. The Balaban J connectivity index is 1.71. The first kappa shape index (κ1) is 15.8. The lowest BCUT2D eigenvalue weighted by Crippen LogP contribution is -2.06. The first-order valence-electron chi connectivity index (χ1n) is 6.68. The summed E-state index contributed by atoms with van der Waals surface area (Å²) in [5.41, 5.74) is 6.59. The summed E-state index contributed by atoms with van der Waals surface area (Å²) in [5.74, 6) is 0.675. The molecular weight excluding hydrogens is 337 g/mol. The van der Waals surface area contributed by atoms with Crippen LogP contribution in [0.3, 0.4) is 0 Å². The fraction of sp³-hybridized carbons (Fsp3) is 0.250. The molecule has 0 heterocycles. The average molecular weight is 354 g/mol. The Morgan fingerprint density at radius 1 is 1.00 bits per heavy atom. The summed E-state index contributed by atoms with van der Waals surface area (Å²) in [5, 5.41) is 0. The normalized spacial score (nSPS) is 10.4. The number of hydrogen-bond acceptors (Lipinski definition) is 3. The molecule has 0 atom stereocenters. The molecule has 2 aromatic carbocycles. The van der Waals surface area contributed by atoms with E-state index in [4.69, 9.17) is 15.2 Å². The fourth-order valence-electron chi connectivity index (χ4n) is 1.74. The zero-order valence-corrected chi connectivity index (χ0v) is 13.1. The second-order valence-electron chi connectivity index (χ2n) is 4.47. The Hall–Kier alpha value is -1.59. The minimum atomic E-state index is -0.364. The predicted octanol–water partition coefficient (Wildman–Crippen LogP) is 3.89. The van der Waals surface area contributed by atoms with Crippen molar-refractivity contribution in [3.05, 3.63) is 58.3 Å². The Bertz CT molecular complexity index is 575. The van der Waals surface area contributed by atoms with Gasteiger partial charge in [0.1, 0.15) is 5.75 Å². The largest absolute Gasteiger partial charge is 0.493 e. The smallest absolute Gasteiger partial charge is 0.165 e. The number of rotatable bonds is 7. The van der Waals surface area contributed by atoms with E-state index in [9.17, 15) is 4.39 Å².